The maximum absolute atomic E-state index is 13.3. The monoisotopic (exact) mass is 454 g/mol. The fourth-order valence-corrected chi connectivity index (χ4v) is 5.64. The van der Waals surface area contributed by atoms with Crippen LogP contribution in [0.2, 0.25) is 5.02 Å². The van der Waals surface area contributed by atoms with Gasteiger partial charge in [0.05, 0.1) is 10.7 Å². The Morgan fingerprint density at radius 2 is 1.81 bits per heavy atom. The number of nitrogens with one attached hydrogen (secondary N) is 1. The van der Waals surface area contributed by atoms with Crippen LogP contribution in [0.25, 0.3) is 0 Å². The second-order valence-corrected chi connectivity index (χ2v) is 9.98. The van der Waals surface area contributed by atoms with Crippen molar-refractivity contribution in [1.29, 1.82) is 0 Å². The molecular weight excluding hydrogens is 432 g/mol. The third kappa shape index (κ3) is 4.05. The fraction of sp³-hybridized carbons (Fsp3) is 0.208. The standard InChI is InChI=1S/C24H23ClN2O3S/c1-15-8-11-21(16(2)12-15)26-31(29,30)23-14-19(9-10-20(23)25)24(28)27-17(3)13-18-6-4-5-7-22(18)27/h4-12,14,17,26H,13H2,1-3H3. The van der Waals surface area contributed by atoms with Crippen molar-refractivity contribution < 1.29 is 13.2 Å². The summed E-state index contributed by atoms with van der Waals surface area (Å²) >= 11 is 6.24. The van der Waals surface area contributed by atoms with Gasteiger partial charge in [-0.1, -0.05) is 47.5 Å². The van der Waals surface area contributed by atoms with E-state index >= 15 is 0 Å². The molecule has 5 nitrogen and oxygen atoms in total. The minimum absolute atomic E-state index is 0.0195. The van der Waals surface area contributed by atoms with Crippen LogP contribution in [0.4, 0.5) is 11.4 Å². The molecule has 1 atom stereocenters. The predicted octanol–water partition coefficient (Wildman–Crippen LogP) is 5.35. The number of hydrogen-bond acceptors (Lipinski definition) is 3. The Morgan fingerprint density at radius 1 is 1.06 bits per heavy atom. The lowest BCUT2D eigenvalue weighted by atomic mass is 10.1. The summed E-state index contributed by atoms with van der Waals surface area (Å²) in [7, 11) is -3.99. The maximum atomic E-state index is 13.3. The highest BCUT2D eigenvalue weighted by molar-refractivity contribution is 7.92. The largest absolute Gasteiger partial charge is 0.305 e. The minimum atomic E-state index is -3.99. The smallest absolute Gasteiger partial charge is 0.263 e. The molecule has 0 bridgehead atoms. The first-order valence-electron chi connectivity index (χ1n) is 9.98. The van der Waals surface area contributed by atoms with Crippen molar-refractivity contribution in [2.75, 3.05) is 9.62 Å². The van der Waals surface area contributed by atoms with Crippen LogP contribution in [-0.4, -0.2) is 20.4 Å². The van der Waals surface area contributed by atoms with Crippen LogP contribution >= 0.6 is 11.6 Å². The van der Waals surface area contributed by atoms with Gasteiger partial charge in [0.1, 0.15) is 4.90 Å². The average molecular weight is 455 g/mol. The molecule has 0 saturated heterocycles. The van der Waals surface area contributed by atoms with Gasteiger partial charge in [-0.15, -0.1) is 0 Å². The number of fused-ring (bicyclic) bond motifs is 1. The fourth-order valence-electron chi connectivity index (χ4n) is 3.98. The third-order valence-corrected chi connectivity index (χ3v) is 7.37. The molecule has 0 spiro atoms. The summed E-state index contributed by atoms with van der Waals surface area (Å²) in [6.07, 6.45) is 0.759. The molecule has 1 aliphatic heterocycles. The number of rotatable bonds is 4. The predicted molar refractivity (Wildman–Crippen MR) is 125 cm³/mol. The number of halogens is 1. The van der Waals surface area contributed by atoms with Crippen molar-refractivity contribution in [3.8, 4) is 0 Å². The van der Waals surface area contributed by atoms with Crippen LogP contribution in [0, 0.1) is 13.8 Å². The summed E-state index contributed by atoms with van der Waals surface area (Å²) in [5.41, 5.74) is 4.53. The molecule has 1 amide bonds. The number of carbonyl (C=O) groups excluding carboxylic acids is 1. The zero-order valence-corrected chi connectivity index (χ0v) is 19.1. The van der Waals surface area contributed by atoms with Crippen LogP contribution in [0.15, 0.2) is 65.6 Å². The summed E-state index contributed by atoms with van der Waals surface area (Å²) in [5, 5.41) is 0.0590. The Morgan fingerprint density at radius 3 is 2.55 bits per heavy atom. The molecule has 7 heteroatoms. The second kappa shape index (κ2) is 8.02. The zero-order chi connectivity index (χ0) is 22.3. The molecule has 1 N–H and O–H groups in total. The van der Waals surface area contributed by atoms with E-state index < -0.39 is 10.0 Å². The molecule has 1 aliphatic rings. The van der Waals surface area contributed by atoms with Crippen LogP contribution in [0.1, 0.15) is 34.0 Å². The molecular formula is C24H23ClN2O3S. The summed E-state index contributed by atoms with van der Waals surface area (Å²) in [4.78, 5) is 14.9. The highest BCUT2D eigenvalue weighted by Gasteiger charge is 2.32. The van der Waals surface area contributed by atoms with Gasteiger partial charge in [-0.2, -0.15) is 0 Å². The zero-order valence-electron chi connectivity index (χ0n) is 17.5. The van der Waals surface area contributed by atoms with Gasteiger partial charge >= 0.3 is 0 Å². The van der Waals surface area contributed by atoms with Crippen LogP contribution in [-0.2, 0) is 16.4 Å². The Balaban J connectivity index is 1.69. The molecule has 3 aromatic carbocycles. The summed E-state index contributed by atoms with van der Waals surface area (Å²) < 4.78 is 28.8. The molecule has 0 saturated carbocycles. The molecule has 1 unspecified atom stereocenters. The Labute approximate surface area is 187 Å². The summed E-state index contributed by atoms with van der Waals surface area (Å²) in [5.74, 6) is -0.253. The van der Waals surface area contributed by atoms with Gasteiger partial charge in [-0.05, 0) is 68.7 Å². The molecule has 3 aromatic rings. The van der Waals surface area contributed by atoms with Gasteiger partial charge < -0.3 is 4.90 Å². The van der Waals surface area contributed by atoms with E-state index in [9.17, 15) is 13.2 Å². The highest BCUT2D eigenvalue weighted by Crippen LogP contribution is 2.34. The molecule has 1 heterocycles. The van der Waals surface area contributed by atoms with Gasteiger partial charge in [0.2, 0.25) is 0 Å². The first kappa shape index (κ1) is 21.4. The maximum Gasteiger partial charge on any atom is 0.263 e. The van der Waals surface area contributed by atoms with Crippen molar-refractivity contribution in [1.82, 2.24) is 0 Å². The van der Waals surface area contributed by atoms with Gasteiger partial charge in [-0.3, -0.25) is 9.52 Å². The number of anilines is 2. The van der Waals surface area contributed by atoms with Crippen molar-refractivity contribution in [3.63, 3.8) is 0 Å². The number of para-hydroxylation sites is 1. The topological polar surface area (TPSA) is 66.5 Å². The van der Waals surface area contributed by atoms with E-state index in [-0.39, 0.29) is 27.4 Å². The lowest BCUT2D eigenvalue weighted by Crippen LogP contribution is -2.35. The first-order chi connectivity index (χ1) is 14.7. The van der Waals surface area contributed by atoms with Crippen LogP contribution < -0.4 is 9.62 Å². The second-order valence-electron chi connectivity index (χ2n) is 7.93. The van der Waals surface area contributed by atoms with Crippen molar-refractivity contribution in [2.45, 2.75) is 38.1 Å². The lowest BCUT2D eigenvalue weighted by Gasteiger charge is -2.23. The number of hydrogen-bond donors (Lipinski definition) is 1. The van der Waals surface area contributed by atoms with Gasteiger partial charge in [0.25, 0.3) is 15.9 Å². The Bertz CT molecular complexity index is 1290. The quantitative estimate of drug-likeness (QED) is 0.577. The van der Waals surface area contributed by atoms with E-state index in [1.165, 1.54) is 12.1 Å². The average Bonchev–Trinajstić information content (AvgIpc) is 3.05. The van der Waals surface area contributed by atoms with E-state index in [0.717, 1.165) is 28.8 Å². The van der Waals surface area contributed by atoms with Crippen molar-refractivity contribution in [2.24, 2.45) is 0 Å². The minimum Gasteiger partial charge on any atom is -0.305 e. The molecule has 0 aliphatic carbocycles. The van der Waals surface area contributed by atoms with E-state index in [1.54, 1.807) is 17.0 Å². The van der Waals surface area contributed by atoms with Gasteiger partial charge in [0.15, 0.2) is 0 Å². The lowest BCUT2D eigenvalue weighted by molar-refractivity contribution is 0.0981. The number of carbonyl (C=O) groups is 1. The molecule has 0 aromatic heterocycles. The van der Waals surface area contributed by atoms with E-state index in [4.69, 9.17) is 11.6 Å². The van der Waals surface area contributed by atoms with E-state index in [2.05, 4.69) is 4.72 Å². The molecule has 4 rings (SSSR count). The normalized spacial score (nSPS) is 15.6. The SMILES string of the molecule is Cc1ccc(NS(=O)(=O)c2cc(C(=O)N3c4ccccc4CC3C)ccc2Cl)c(C)c1. The third-order valence-electron chi connectivity index (χ3n) is 5.52. The molecule has 0 radical (unpaired) electrons. The number of benzene rings is 3. The number of sulfonamides is 1. The van der Waals surface area contributed by atoms with E-state index in [1.807, 2.05) is 57.2 Å². The van der Waals surface area contributed by atoms with Gasteiger partial charge in [-0.25, -0.2) is 8.42 Å². The van der Waals surface area contributed by atoms with Crippen molar-refractivity contribution >= 4 is 38.9 Å². The van der Waals surface area contributed by atoms with Crippen LogP contribution in [0.5, 0.6) is 0 Å². The Kier molecular flexibility index (Phi) is 5.54. The number of aryl methyl sites for hydroxylation is 2. The van der Waals surface area contributed by atoms with E-state index in [0.29, 0.717) is 5.69 Å². The number of amides is 1. The first-order valence-corrected chi connectivity index (χ1v) is 11.8. The van der Waals surface area contributed by atoms with Gasteiger partial charge in [0, 0.05) is 17.3 Å². The number of nitrogens with zero attached hydrogens (tertiary/aromatic N) is 1. The van der Waals surface area contributed by atoms with Crippen LogP contribution in [0.3, 0.4) is 0 Å². The Hall–Kier alpha value is -2.83. The molecule has 0 fully saturated rings. The summed E-state index contributed by atoms with van der Waals surface area (Å²) in [6, 6.07) is 17.5. The highest BCUT2D eigenvalue weighted by atomic mass is 35.5. The molecule has 31 heavy (non-hydrogen) atoms. The van der Waals surface area contributed by atoms with Crippen molar-refractivity contribution in [3.05, 3.63) is 87.9 Å². The summed E-state index contributed by atoms with van der Waals surface area (Å²) in [6.45, 7) is 5.75. The molecule has 160 valence electrons.